The van der Waals surface area contributed by atoms with Crippen LogP contribution in [0, 0.1) is 5.92 Å². The Morgan fingerprint density at radius 3 is 3.00 bits per heavy atom. The topological polar surface area (TPSA) is 54.2 Å². The molecule has 92 valence electrons. The number of hydrogen-bond donors (Lipinski definition) is 2. The Morgan fingerprint density at radius 2 is 2.24 bits per heavy atom. The number of pyridine rings is 1. The van der Waals surface area contributed by atoms with Crippen LogP contribution < -0.4 is 10.6 Å². The van der Waals surface area contributed by atoms with Gasteiger partial charge in [-0.15, -0.1) is 5.10 Å². The molecule has 2 aromatic heterocycles. The Labute approximate surface area is 109 Å². The molecule has 2 N–H and O–H groups in total. The summed E-state index contributed by atoms with van der Waals surface area (Å²) < 4.78 is 2.75. The first-order valence-electron chi connectivity index (χ1n) is 5.59. The maximum absolute atomic E-state index is 4.39. The highest BCUT2D eigenvalue weighted by atomic mass is 79.9. The van der Waals surface area contributed by atoms with Crippen molar-refractivity contribution in [3.8, 4) is 0 Å². The highest BCUT2D eigenvalue weighted by Gasteiger charge is 2.05. The van der Waals surface area contributed by atoms with Gasteiger partial charge in [-0.1, -0.05) is 6.92 Å². The summed E-state index contributed by atoms with van der Waals surface area (Å²) in [5.74, 6) is 1.21. The molecule has 0 aliphatic carbocycles. The Bertz CT molecular complexity index is 496. The highest BCUT2D eigenvalue weighted by Crippen LogP contribution is 2.12. The van der Waals surface area contributed by atoms with Gasteiger partial charge in [-0.3, -0.25) is 0 Å². The molecule has 0 amide bonds. The van der Waals surface area contributed by atoms with Gasteiger partial charge < -0.3 is 10.6 Å². The molecule has 0 spiro atoms. The van der Waals surface area contributed by atoms with Gasteiger partial charge in [-0.2, -0.15) is 4.98 Å². The Balaban J connectivity index is 2.04. The standard InChI is InChI=1S/C11H16BrN5/c1-8(5-13-2)6-14-11-15-10-4-3-9(12)7-17(10)16-11/h3-4,7-8,13H,5-6H2,1-2H3,(H,14,16). The van der Waals surface area contributed by atoms with E-state index >= 15 is 0 Å². The van der Waals surface area contributed by atoms with E-state index in [1.54, 1.807) is 4.52 Å². The number of fused-ring (bicyclic) bond motifs is 1. The van der Waals surface area contributed by atoms with Crippen LogP contribution in [0.4, 0.5) is 5.95 Å². The van der Waals surface area contributed by atoms with Gasteiger partial charge in [0.05, 0.1) is 0 Å². The SMILES string of the molecule is CNCC(C)CNc1nc2ccc(Br)cn2n1. The summed E-state index contributed by atoms with van der Waals surface area (Å²) in [5.41, 5.74) is 0.844. The molecular weight excluding hydrogens is 282 g/mol. The lowest BCUT2D eigenvalue weighted by molar-refractivity contribution is 0.568. The van der Waals surface area contributed by atoms with Crippen molar-refractivity contribution in [2.75, 3.05) is 25.5 Å². The highest BCUT2D eigenvalue weighted by molar-refractivity contribution is 9.10. The van der Waals surface area contributed by atoms with Crippen molar-refractivity contribution < 1.29 is 0 Å². The van der Waals surface area contributed by atoms with E-state index in [1.807, 2.05) is 25.4 Å². The van der Waals surface area contributed by atoms with Crippen LogP contribution in [0.25, 0.3) is 5.65 Å². The van der Waals surface area contributed by atoms with Gasteiger partial charge in [0, 0.05) is 17.2 Å². The minimum Gasteiger partial charge on any atom is -0.353 e. The summed E-state index contributed by atoms with van der Waals surface area (Å²) in [6.45, 7) is 4.01. The van der Waals surface area contributed by atoms with E-state index in [2.05, 4.69) is 43.6 Å². The van der Waals surface area contributed by atoms with Crippen molar-refractivity contribution in [1.82, 2.24) is 19.9 Å². The first-order chi connectivity index (χ1) is 8.19. The van der Waals surface area contributed by atoms with E-state index in [4.69, 9.17) is 0 Å². The summed E-state index contributed by atoms with van der Waals surface area (Å²) >= 11 is 3.41. The predicted molar refractivity (Wildman–Crippen MR) is 72.3 cm³/mol. The molecule has 0 fully saturated rings. The lowest BCUT2D eigenvalue weighted by atomic mass is 10.2. The Kier molecular flexibility index (Phi) is 3.96. The summed E-state index contributed by atoms with van der Waals surface area (Å²) in [7, 11) is 1.96. The Morgan fingerprint density at radius 1 is 1.41 bits per heavy atom. The number of halogens is 1. The van der Waals surface area contributed by atoms with Crippen LogP contribution in [0.5, 0.6) is 0 Å². The number of aromatic nitrogens is 3. The molecule has 1 atom stereocenters. The van der Waals surface area contributed by atoms with E-state index in [0.717, 1.165) is 23.2 Å². The quantitative estimate of drug-likeness (QED) is 0.883. The summed E-state index contributed by atoms with van der Waals surface area (Å²) in [5, 5.41) is 10.7. The minimum atomic E-state index is 0.540. The van der Waals surface area contributed by atoms with E-state index in [-0.39, 0.29) is 0 Å². The van der Waals surface area contributed by atoms with Crippen LogP contribution >= 0.6 is 15.9 Å². The average molecular weight is 298 g/mol. The van der Waals surface area contributed by atoms with E-state index in [1.165, 1.54) is 0 Å². The Hall–Kier alpha value is -1.14. The normalized spacial score (nSPS) is 12.9. The van der Waals surface area contributed by atoms with Crippen molar-refractivity contribution in [2.45, 2.75) is 6.92 Å². The van der Waals surface area contributed by atoms with Crippen molar-refractivity contribution in [3.63, 3.8) is 0 Å². The molecule has 2 heterocycles. The molecule has 0 aromatic carbocycles. The third-order valence-electron chi connectivity index (χ3n) is 2.46. The van der Waals surface area contributed by atoms with Gasteiger partial charge in [0.25, 0.3) is 0 Å². The molecule has 0 bridgehead atoms. The molecule has 5 nitrogen and oxygen atoms in total. The molecule has 0 aliphatic heterocycles. The zero-order valence-corrected chi connectivity index (χ0v) is 11.5. The van der Waals surface area contributed by atoms with Gasteiger partial charge in [0.15, 0.2) is 5.65 Å². The number of nitrogens with zero attached hydrogens (tertiary/aromatic N) is 3. The molecule has 0 aliphatic rings. The molecule has 0 saturated carbocycles. The van der Waals surface area contributed by atoms with Crippen LogP contribution in [0.1, 0.15) is 6.92 Å². The second-order valence-corrected chi connectivity index (χ2v) is 5.04. The molecule has 0 saturated heterocycles. The maximum atomic E-state index is 4.39. The summed E-state index contributed by atoms with van der Waals surface area (Å²) in [6.07, 6.45) is 1.89. The van der Waals surface area contributed by atoms with Gasteiger partial charge >= 0.3 is 0 Å². The molecule has 0 radical (unpaired) electrons. The van der Waals surface area contributed by atoms with Gasteiger partial charge in [0.1, 0.15) is 0 Å². The average Bonchev–Trinajstić information content (AvgIpc) is 2.68. The lowest BCUT2D eigenvalue weighted by Gasteiger charge is -2.09. The van der Waals surface area contributed by atoms with E-state index < -0.39 is 0 Å². The van der Waals surface area contributed by atoms with Crippen LogP contribution in [0.15, 0.2) is 22.8 Å². The van der Waals surface area contributed by atoms with Crippen molar-refractivity contribution in [1.29, 1.82) is 0 Å². The third-order valence-corrected chi connectivity index (χ3v) is 2.93. The van der Waals surface area contributed by atoms with Gasteiger partial charge in [0.2, 0.25) is 5.95 Å². The van der Waals surface area contributed by atoms with E-state index in [9.17, 15) is 0 Å². The zero-order chi connectivity index (χ0) is 12.3. The molecule has 2 aromatic rings. The molecule has 17 heavy (non-hydrogen) atoms. The van der Waals surface area contributed by atoms with Crippen LogP contribution in [0.2, 0.25) is 0 Å². The molecule has 6 heteroatoms. The molecule has 1 unspecified atom stereocenters. The second-order valence-electron chi connectivity index (χ2n) is 4.13. The van der Waals surface area contributed by atoms with Crippen LogP contribution in [0.3, 0.4) is 0 Å². The summed E-state index contributed by atoms with van der Waals surface area (Å²) in [6, 6.07) is 3.89. The second kappa shape index (κ2) is 5.46. The predicted octanol–water partition coefficient (Wildman–Crippen LogP) is 1.76. The van der Waals surface area contributed by atoms with Crippen LogP contribution in [-0.4, -0.2) is 34.7 Å². The van der Waals surface area contributed by atoms with Crippen molar-refractivity contribution in [3.05, 3.63) is 22.8 Å². The minimum absolute atomic E-state index is 0.540. The third kappa shape index (κ3) is 3.17. The smallest absolute Gasteiger partial charge is 0.243 e. The number of rotatable bonds is 5. The maximum Gasteiger partial charge on any atom is 0.243 e. The zero-order valence-electron chi connectivity index (χ0n) is 9.94. The lowest BCUT2D eigenvalue weighted by Crippen LogP contribution is -2.23. The van der Waals surface area contributed by atoms with Gasteiger partial charge in [-0.25, -0.2) is 4.52 Å². The molecular formula is C11H16BrN5. The first kappa shape index (κ1) is 12.3. The van der Waals surface area contributed by atoms with Crippen molar-refractivity contribution in [2.24, 2.45) is 5.92 Å². The molecule has 2 rings (SSSR count). The number of hydrogen-bond acceptors (Lipinski definition) is 4. The monoisotopic (exact) mass is 297 g/mol. The summed E-state index contributed by atoms with van der Waals surface area (Å²) in [4.78, 5) is 4.39. The largest absolute Gasteiger partial charge is 0.353 e. The fourth-order valence-electron chi connectivity index (χ4n) is 1.62. The fourth-order valence-corrected chi connectivity index (χ4v) is 1.95. The van der Waals surface area contributed by atoms with E-state index in [0.29, 0.717) is 11.9 Å². The van der Waals surface area contributed by atoms with Crippen LogP contribution in [-0.2, 0) is 0 Å². The first-order valence-corrected chi connectivity index (χ1v) is 6.38. The fraction of sp³-hybridized carbons (Fsp3) is 0.455. The number of anilines is 1. The van der Waals surface area contributed by atoms with Gasteiger partial charge in [-0.05, 0) is 47.6 Å². The number of nitrogens with one attached hydrogen (secondary N) is 2. The van der Waals surface area contributed by atoms with Crippen molar-refractivity contribution >= 4 is 27.5 Å².